The summed E-state index contributed by atoms with van der Waals surface area (Å²) in [5.41, 5.74) is -0.284. The Bertz CT molecular complexity index is 510. The maximum Gasteiger partial charge on any atom is 0.304 e. The summed E-state index contributed by atoms with van der Waals surface area (Å²) < 4.78 is 50.0. The smallest absolute Gasteiger partial charge is 0.304 e. The molecule has 1 aromatic rings. The number of nitrogens with one attached hydrogen (secondary N) is 1. The second-order valence-corrected chi connectivity index (χ2v) is 5.06. The SMILES string of the molecule is O=C(O)CCS(=O)(=O)Nc1cc(F)cc(F)c1. The van der Waals surface area contributed by atoms with E-state index >= 15 is 0 Å². The van der Waals surface area contributed by atoms with Crippen LogP contribution in [-0.2, 0) is 14.8 Å². The molecule has 0 fully saturated rings. The molecule has 0 aromatic heterocycles. The molecule has 0 radical (unpaired) electrons. The minimum atomic E-state index is -3.93. The normalized spacial score (nSPS) is 11.2. The second kappa shape index (κ2) is 5.09. The molecule has 17 heavy (non-hydrogen) atoms. The molecule has 0 saturated carbocycles. The first-order chi connectivity index (χ1) is 7.78. The van der Waals surface area contributed by atoms with Gasteiger partial charge in [-0.25, -0.2) is 17.2 Å². The van der Waals surface area contributed by atoms with E-state index < -0.39 is 39.8 Å². The summed E-state index contributed by atoms with van der Waals surface area (Å²) in [4.78, 5) is 10.2. The maximum absolute atomic E-state index is 12.7. The molecule has 1 aromatic carbocycles. The van der Waals surface area contributed by atoms with Gasteiger partial charge in [0, 0.05) is 6.07 Å². The lowest BCUT2D eigenvalue weighted by Crippen LogP contribution is -2.19. The van der Waals surface area contributed by atoms with E-state index in [9.17, 15) is 22.0 Å². The molecule has 0 aliphatic heterocycles. The van der Waals surface area contributed by atoms with Crippen molar-refractivity contribution in [1.29, 1.82) is 0 Å². The predicted octanol–water partition coefficient (Wildman–Crippen LogP) is 1.18. The molecular formula is C9H9F2NO4S. The van der Waals surface area contributed by atoms with Crippen LogP contribution in [0.15, 0.2) is 18.2 Å². The third-order valence-electron chi connectivity index (χ3n) is 1.72. The van der Waals surface area contributed by atoms with Gasteiger partial charge in [-0.05, 0) is 12.1 Å². The fourth-order valence-corrected chi connectivity index (χ4v) is 2.09. The maximum atomic E-state index is 12.7. The molecule has 0 amide bonds. The van der Waals surface area contributed by atoms with Crippen LogP contribution in [0.1, 0.15) is 6.42 Å². The largest absolute Gasteiger partial charge is 0.481 e. The summed E-state index contributed by atoms with van der Waals surface area (Å²) in [5.74, 6) is -3.80. The van der Waals surface area contributed by atoms with Crippen molar-refractivity contribution < 1.29 is 27.1 Å². The fraction of sp³-hybridized carbons (Fsp3) is 0.222. The zero-order chi connectivity index (χ0) is 13.1. The van der Waals surface area contributed by atoms with Crippen molar-refractivity contribution in [3.05, 3.63) is 29.8 Å². The van der Waals surface area contributed by atoms with E-state index in [0.717, 1.165) is 12.1 Å². The molecular weight excluding hydrogens is 256 g/mol. The van der Waals surface area contributed by atoms with Crippen LogP contribution < -0.4 is 4.72 Å². The molecule has 0 aliphatic rings. The standard InChI is InChI=1S/C9H9F2NO4S/c10-6-3-7(11)5-8(4-6)12-17(15,16)2-1-9(13)14/h3-5,12H,1-2H2,(H,13,14). The number of anilines is 1. The van der Waals surface area contributed by atoms with Gasteiger partial charge in [-0.15, -0.1) is 0 Å². The topological polar surface area (TPSA) is 83.5 Å². The van der Waals surface area contributed by atoms with Gasteiger partial charge in [-0.1, -0.05) is 0 Å². The number of carbonyl (C=O) groups is 1. The van der Waals surface area contributed by atoms with E-state index in [2.05, 4.69) is 0 Å². The van der Waals surface area contributed by atoms with Gasteiger partial charge in [0.05, 0.1) is 17.9 Å². The molecule has 0 atom stereocenters. The molecule has 8 heteroatoms. The van der Waals surface area contributed by atoms with Crippen LogP contribution in [0.2, 0.25) is 0 Å². The van der Waals surface area contributed by atoms with Crippen molar-refractivity contribution in [2.45, 2.75) is 6.42 Å². The number of hydrogen-bond acceptors (Lipinski definition) is 3. The highest BCUT2D eigenvalue weighted by Gasteiger charge is 2.13. The summed E-state index contributed by atoms with van der Waals surface area (Å²) >= 11 is 0. The van der Waals surface area contributed by atoms with Gasteiger partial charge in [0.25, 0.3) is 0 Å². The zero-order valence-electron chi connectivity index (χ0n) is 8.48. The highest BCUT2D eigenvalue weighted by atomic mass is 32.2. The van der Waals surface area contributed by atoms with Crippen LogP contribution in [0.5, 0.6) is 0 Å². The van der Waals surface area contributed by atoms with E-state index in [1.54, 1.807) is 0 Å². The Morgan fingerprint density at radius 3 is 2.24 bits per heavy atom. The summed E-state index contributed by atoms with van der Waals surface area (Å²) in [7, 11) is -3.93. The van der Waals surface area contributed by atoms with Crippen molar-refractivity contribution in [3.63, 3.8) is 0 Å². The Morgan fingerprint density at radius 1 is 1.24 bits per heavy atom. The lowest BCUT2D eigenvalue weighted by molar-refractivity contribution is -0.136. The molecule has 0 spiro atoms. The quantitative estimate of drug-likeness (QED) is 0.837. The van der Waals surface area contributed by atoms with Gasteiger partial charge in [0.2, 0.25) is 10.0 Å². The van der Waals surface area contributed by atoms with E-state index in [4.69, 9.17) is 5.11 Å². The minimum absolute atomic E-state index is 0.284. The van der Waals surface area contributed by atoms with Gasteiger partial charge in [-0.2, -0.15) is 0 Å². The first kappa shape index (κ1) is 13.4. The predicted molar refractivity (Wildman–Crippen MR) is 56.0 cm³/mol. The number of halogens is 2. The highest BCUT2D eigenvalue weighted by Crippen LogP contribution is 2.14. The second-order valence-electron chi connectivity index (χ2n) is 3.22. The fourth-order valence-electron chi connectivity index (χ4n) is 1.07. The average Bonchev–Trinajstić information content (AvgIpc) is 2.12. The number of hydrogen-bond donors (Lipinski definition) is 2. The Balaban J connectivity index is 2.79. The molecule has 94 valence electrons. The van der Waals surface area contributed by atoms with Crippen LogP contribution in [0.3, 0.4) is 0 Å². The zero-order valence-corrected chi connectivity index (χ0v) is 9.30. The van der Waals surface area contributed by atoms with Crippen molar-refractivity contribution in [2.75, 3.05) is 10.5 Å². The molecule has 0 unspecified atom stereocenters. The Kier molecular flexibility index (Phi) is 4.00. The number of carboxylic acid groups (broad SMARTS) is 1. The first-order valence-electron chi connectivity index (χ1n) is 4.47. The van der Waals surface area contributed by atoms with E-state index in [1.807, 2.05) is 4.72 Å². The van der Waals surface area contributed by atoms with Gasteiger partial charge < -0.3 is 5.11 Å². The van der Waals surface area contributed by atoms with Crippen molar-refractivity contribution >= 4 is 21.7 Å². The van der Waals surface area contributed by atoms with Gasteiger partial charge in [0.15, 0.2) is 0 Å². The molecule has 0 saturated heterocycles. The number of rotatable bonds is 5. The van der Waals surface area contributed by atoms with Gasteiger partial charge >= 0.3 is 5.97 Å². The van der Waals surface area contributed by atoms with Crippen molar-refractivity contribution in [2.24, 2.45) is 0 Å². The number of carboxylic acids is 1. The molecule has 5 nitrogen and oxygen atoms in total. The Morgan fingerprint density at radius 2 is 1.76 bits per heavy atom. The number of benzene rings is 1. The van der Waals surface area contributed by atoms with Crippen LogP contribution in [-0.4, -0.2) is 25.2 Å². The highest BCUT2D eigenvalue weighted by molar-refractivity contribution is 7.92. The third kappa shape index (κ3) is 4.77. The molecule has 0 bridgehead atoms. The summed E-state index contributed by atoms with van der Waals surface area (Å²) in [6.07, 6.45) is -0.590. The molecule has 0 heterocycles. The lowest BCUT2D eigenvalue weighted by Gasteiger charge is -2.07. The van der Waals surface area contributed by atoms with Crippen LogP contribution in [0.4, 0.5) is 14.5 Å². The van der Waals surface area contributed by atoms with E-state index in [1.165, 1.54) is 0 Å². The van der Waals surface area contributed by atoms with Gasteiger partial charge in [-0.3, -0.25) is 9.52 Å². The van der Waals surface area contributed by atoms with Crippen molar-refractivity contribution in [3.8, 4) is 0 Å². The Hall–Kier alpha value is -1.70. The first-order valence-corrected chi connectivity index (χ1v) is 6.12. The van der Waals surface area contributed by atoms with E-state index in [0.29, 0.717) is 6.07 Å². The molecule has 2 N–H and O–H groups in total. The molecule has 0 aliphatic carbocycles. The lowest BCUT2D eigenvalue weighted by atomic mass is 10.3. The Labute approximate surface area is 96.1 Å². The number of aliphatic carboxylic acids is 1. The summed E-state index contributed by atoms with van der Waals surface area (Å²) in [6, 6.07) is 2.18. The minimum Gasteiger partial charge on any atom is -0.481 e. The summed E-state index contributed by atoms with van der Waals surface area (Å²) in [6.45, 7) is 0. The molecule has 1 rings (SSSR count). The van der Waals surface area contributed by atoms with Crippen LogP contribution >= 0.6 is 0 Å². The van der Waals surface area contributed by atoms with E-state index in [-0.39, 0.29) is 5.69 Å². The summed E-state index contributed by atoms with van der Waals surface area (Å²) in [5, 5.41) is 8.32. The van der Waals surface area contributed by atoms with Crippen LogP contribution in [0.25, 0.3) is 0 Å². The van der Waals surface area contributed by atoms with Crippen LogP contribution in [0, 0.1) is 11.6 Å². The van der Waals surface area contributed by atoms with Crippen molar-refractivity contribution in [1.82, 2.24) is 0 Å². The third-order valence-corrected chi connectivity index (χ3v) is 3.01. The average molecular weight is 265 g/mol. The van der Waals surface area contributed by atoms with Gasteiger partial charge in [0.1, 0.15) is 11.6 Å². The number of sulfonamides is 1. The monoisotopic (exact) mass is 265 g/mol.